The Hall–Kier alpha value is -3.63. The van der Waals surface area contributed by atoms with Crippen LogP contribution >= 0.6 is 11.6 Å². The molecule has 3 aromatic rings. The molecule has 0 spiro atoms. The summed E-state index contributed by atoms with van der Waals surface area (Å²) in [5, 5.41) is 11.0. The van der Waals surface area contributed by atoms with Crippen molar-refractivity contribution in [3.05, 3.63) is 58.9 Å². The van der Waals surface area contributed by atoms with Crippen molar-refractivity contribution in [3.8, 4) is 0 Å². The van der Waals surface area contributed by atoms with Crippen molar-refractivity contribution in [1.82, 2.24) is 25.1 Å². The minimum Gasteiger partial charge on any atom is -0.353 e. The Labute approximate surface area is 183 Å². The molecular weight excluding hydrogens is 422 g/mol. The third kappa shape index (κ3) is 4.30. The number of rotatable bonds is 6. The van der Waals surface area contributed by atoms with Gasteiger partial charge in [0.05, 0.1) is 41.8 Å². The van der Waals surface area contributed by atoms with Crippen LogP contribution in [0, 0.1) is 0 Å². The maximum atomic E-state index is 12.3. The molecule has 3 N–H and O–H groups in total. The molecule has 0 fully saturated rings. The fraction of sp³-hybridized carbons (Fsp3) is 0.200. The summed E-state index contributed by atoms with van der Waals surface area (Å²) in [4.78, 5) is 35.1. The molecule has 0 saturated heterocycles. The van der Waals surface area contributed by atoms with Gasteiger partial charge in [-0.2, -0.15) is 5.10 Å². The lowest BCUT2D eigenvalue weighted by Gasteiger charge is -2.22. The summed E-state index contributed by atoms with van der Waals surface area (Å²) >= 11 is 6.31. The summed E-state index contributed by atoms with van der Waals surface area (Å²) in [6.45, 7) is 1.23. The molecule has 1 aromatic carbocycles. The number of nitrogens with one attached hydrogen (secondary N) is 3. The van der Waals surface area contributed by atoms with Crippen molar-refractivity contribution in [1.29, 1.82) is 0 Å². The van der Waals surface area contributed by atoms with E-state index in [1.54, 1.807) is 53.0 Å². The number of hydrogen-bond acceptors (Lipinski definition) is 7. The molecule has 31 heavy (non-hydrogen) atoms. The van der Waals surface area contributed by atoms with Gasteiger partial charge in [0.25, 0.3) is 11.8 Å². The fourth-order valence-corrected chi connectivity index (χ4v) is 3.33. The van der Waals surface area contributed by atoms with Gasteiger partial charge in [-0.3, -0.25) is 19.1 Å². The third-order valence-electron chi connectivity index (χ3n) is 4.74. The predicted molar refractivity (Wildman–Crippen MR) is 116 cm³/mol. The second kappa shape index (κ2) is 8.62. The number of hydrogen-bond donors (Lipinski definition) is 3. The molecule has 160 valence electrons. The van der Waals surface area contributed by atoms with Gasteiger partial charge in [-0.15, -0.1) is 0 Å². The van der Waals surface area contributed by atoms with Crippen molar-refractivity contribution < 1.29 is 14.4 Å². The van der Waals surface area contributed by atoms with E-state index in [-0.39, 0.29) is 5.91 Å². The molecule has 1 aliphatic rings. The zero-order chi connectivity index (χ0) is 22.0. The van der Waals surface area contributed by atoms with Crippen LogP contribution in [0.3, 0.4) is 0 Å². The highest BCUT2D eigenvalue weighted by Gasteiger charge is 2.24. The molecule has 0 aliphatic carbocycles. The number of pyridine rings is 1. The van der Waals surface area contributed by atoms with Crippen molar-refractivity contribution >= 4 is 46.4 Å². The molecule has 0 bridgehead atoms. The number of aromatic nitrogens is 3. The van der Waals surface area contributed by atoms with E-state index in [2.05, 4.69) is 26.2 Å². The van der Waals surface area contributed by atoms with E-state index in [1.807, 2.05) is 0 Å². The number of carbonyl (C=O) groups excluding carboxylic acids is 2. The number of likely N-dealkylation sites (N-methyl/N-ethyl adjacent to an activating group) is 1. The van der Waals surface area contributed by atoms with E-state index >= 15 is 0 Å². The van der Waals surface area contributed by atoms with Crippen molar-refractivity contribution in [2.75, 3.05) is 31.3 Å². The van der Waals surface area contributed by atoms with Crippen LogP contribution in [-0.4, -0.2) is 52.2 Å². The SMILES string of the molecule is CONC(=O)c1ccccc1Nc1cc(Nc2cc3n(n2)CCN(C)C3=O)ncc1Cl. The molecule has 0 radical (unpaired) electrons. The number of carbonyl (C=O) groups is 2. The van der Waals surface area contributed by atoms with Crippen LogP contribution in [0.25, 0.3) is 0 Å². The van der Waals surface area contributed by atoms with E-state index in [0.717, 1.165) is 0 Å². The molecule has 2 amide bonds. The number of hydroxylamine groups is 1. The normalized spacial score (nSPS) is 13.0. The van der Waals surface area contributed by atoms with E-state index < -0.39 is 5.91 Å². The molecule has 0 saturated carbocycles. The highest BCUT2D eigenvalue weighted by Crippen LogP contribution is 2.30. The van der Waals surface area contributed by atoms with Crippen LogP contribution in [0.15, 0.2) is 42.6 Å². The maximum Gasteiger partial charge on any atom is 0.276 e. The topological polar surface area (TPSA) is 113 Å². The first kappa shape index (κ1) is 20.6. The summed E-state index contributed by atoms with van der Waals surface area (Å²) in [5.41, 5.74) is 4.28. The zero-order valence-corrected chi connectivity index (χ0v) is 17.6. The lowest BCUT2D eigenvalue weighted by Crippen LogP contribution is -2.37. The van der Waals surface area contributed by atoms with Crippen LogP contribution in [-0.2, 0) is 11.4 Å². The summed E-state index contributed by atoms with van der Waals surface area (Å²) in [6, 6.07) is 10.3. The van der Waals surface area contributed by atoms with Gasteiger partial charge in [0.1, 0.15) is 11.5 Å². The standard InChI is InChI=1S/C20H20ClN7O3/c1-27-7-8-28-16(20(27)30)10-18(25-28)24-17-9-15(13(21)11-22-17)23-14-6-4-3-5-12(14)19(29)26-31-2/h3-6,9-11H,7-8H2,1-2H3,(H,26,29)(H2,22,23,24,25). The van der Waals surface area contributed by atoms with Gasteiger partial charge >= 0.3 is 0 Å². The Kier molecular flexibility index (Phi) is 5.74. The summed E-state index contributed by atoms with van der Waals surface area (Å²) in [5.74, 6) is 0.498. The number of halogens is 1. The average molecular weight is 442 g/mol. The smallest absolute Gasteiger partial charge is 0.276 e. The Balaban J connectivity index is 1.57. The Morgan fingerprint density at radius 3 is 2.74 bits per heavy atom. The zero-order valence-electron chi connectivity index (χ0n) is 16.8. The minimum absolute atomic E-state index is 0.0795. The summed E-state index contributed by atoms with van der Waals surface area (Å²) in [7, 11) is 3.13. The van der Waals surface area contributed by atoms with E-state index in [4.69, 9.17) is 16.4 Å². The maximum absolute atomic E-state index is 12.3. The Morgan fingerprint density at radius 1 is 1.13 bits per heavy atom. The van der Waals surface area contributed by atoms with Crippen LogP contribution in [0.2, 0.25) is 5.02 Å². The highest BCUT2D eigenvalue weighted by molar-refractivity contribution is 6.33. The predicted octanol–water partition coefficient (Wildman–Crippen LogP) is 2.80. The van der Waals surface area contributed by atoms with E-state index in [1.165, 1.54) is 13.3 Å². The Morgan fingerprint density at radius 2 is 1.94 bits per heavy atom. The number of fused-ring (bicyclic) bond motifs is 1. The average Bonchev–Trinajstić information content (AvgIpc) is 3.17. The summed E-state index contributed by atoms with van der Waals surface area (Å²) in [6.07, 6.45) is 1.49. The first-order chi connectivity index (χ1) is 15.0. The molecular formula is C20H20ClN7O3. The first-order valence-corrected chi connectivity index (χ1v) is 9.79. The van der Waals surface area contributed by atoms with Gasteiger partial charge in [0, 0.05) is 25.7 Å². The van der Waals surface area contributed by atoms with E-state index in [0.29, 0.717) is 52.4 Å². The van der Waals surface area contributed by atoms with Crippen molar-refractivity contribution in [2.45, 2.75) is 6.54 Å². The Bertz CT molecular complexity index is 1150. The van der Waals surface area contributed by atoms with Gasteiger partial charge in [0.15, 0.2) is 5.82 Å². The third-order valence-corrected chi connectivity index (χ3v) is 5.04. The molecule has 4 rings (SSSR count). The minimum atomic E-state index is -0.396. The van der Waals surface area contributed by atoms with Gasteiger partial charge in [0.2, 0.25) is 0 Å². The molecule has 3 heterocycles. The second-order valence-electron chi connectivity index (χ2n) is 6.84. The fourth-order valence-electron chi connectivity index (χ4n) is 3.18. The second-order valence-corrected chi connectivity index (χ2v) is 7.25. The lowest BCUT2D eigenvalue weighted by molar-refractivity contribution is 0.0538. The largest absolute Gasteiger partial charge is 0.353 e. The molecule has 2 aromatic heterocycles. The van der Waals surface area contributed by atoms with Gasteiger partial charge in [-0.25, -0.2) is 10.5 Å². The van der Waals surface area contributed by atoms with Gasteiger partial charge < -0.3 is 15.5 Å². The monoisotopic (exact) mass is 441 g/mol. The van der Waals surface area contributed by atoms with Crippen LogP contribution < -0.4 is 16.1 Å². The quantitative estimate of drug-likeness (QED) is 0.504. The number of para-hydroxylation sites is 1. The van der Waals surface area contributed by atoms with E-state index in [9.17, 15) is 9.59 Å². The number of amides is 2. The first-order valence-electron chi connectivity index (χ1n) is 9.41. The summed E-state index contributed by atoms with van der Waals surface area (Å²) < 4.78 is 1.67. The van der Waals surface area contributed by atoms with Gasteiger partial charge in [-0.05, 0) is 12.1 Å². The van der Waals surface area contributed by atoms with Crippen molar-refractivity contribution in [3.63, 3.8) is 0 Å². The number of anilines is 4. The molecule has 0 unspecified atom stereocenters. The molecule has 10 nitrogen and oxygen atoms in total. The van der Waals surface area contributed by atoms with Gasteiger partial charge in [-0.1, -0.05) is 23.7 Å². The molecule has 1 aliphatic heterocycles. The number of nitrogens with zero attached hydrogens (tertiary/aromatic N) is 4. The van der Waals surface area contributed by atoms with Crippen LogP contribution in [0.4, 0.5) is 23.0 Å². The number of benzene rings is 1. The van der Waals surface area contributed by atoms with Crippen molar-refractivity contribution in [2.24, 2.45) is 0 Å². The van der Waals surface area contributed by atoms with Crippen LogP contribution in [0.5, 0.6) is 0 Å². The lowest BCUT2D eigenvalue weighted by atomic mass is 10.1. The molecule has 0 atom stereocenters. The van der Waals surface area contributed by atoms with Crippen LogP contribution in [0.1, 0.15) is 20.8 Å². The molecule has 11 heteroatoms. The highest BCUT2D eigenvalue weighted by atomic mass is 35.5.